The number of rotatable bonds is 5. The molecule has 0 saturated carbocycles. The molecule has 16 heavy (non-hydrogen) atoms. The summed E-state index contributed by atoms with van der Waals surface area (Å²) in [6, 6.07) is 7.31. The molecule has 4 heteroatoms. The van der Waals surface area contributed by atoms with E-state index in [0.29, 0.717) is 12.3 Å². The summed E-state index contributed by atoms with van der Waals surface area (Å²) < 4.78 is 5.36. The van der Waals surface area contributed by atoms with Crippen LogP contribution in [0.1, 0.15) is 19.4 Å². The Bertz CT molecular complexity index is 357. The predicted molar refractivity (Wildman–Crippen MR) is 61.9 cm³/mol. The standard InChI is InChI=1S/C12H17NO3/c1-12(2,11(14)15)8-16-7-9-3-5-10(13)6-4-9/h3-6H,7-8,13H2,1-2H3,(H,14,15). The molecule has 0 bridgehead atoms. The molecule has 0 aromatic heterocycles. The van der Waals surface area contributed by atoms with E-state index >= 15 is 0 Å². The Balaban J connectivity index is 2.41. The molecule has 1 aromatic carbocycles. The average Bonchev–Trinajstić information content (AvgIpc) is 2.20. The SMILES string of the molecule is CC(C)(COCc1ccc(N)cc1)C(=O)O. The molecular weight excluding hydrogens is 206 g/mol. The fraction of sp³-hybridized carbons (Fsp3) is 0.417. The van der Waals surface area contributed by atoms with Crippen LogP contribution < -0.4 is 5.73 Å². The van der Waals surface area contributed by atoms with Crippen molar-refractivity contribution in [3.8, 4) is 0 Å². The number of carboxylic acids is 1. The second-order valence-electron chi connectivity index (χ2n) is 4.42. The molecule has 1 rings (SSSR count). The number of anilines is 1. The summed E-state index contributed by atoms with van der Waals surface area (Å²) in [7, 11) is 0. The molecule has 0 aliphatic carbocycles. The van der Waals surface area contributed by atoms with Crippen LogP contribution in [0.2, 0.25) is 0 Å². The Hall–Kier alpha value is -1.55. The Morgan fingerprint density at radius 2 is 1.94 bits per heavy atom. The fourth-order valence-electron chi connectivity index (χ4n) is 1.10. The number of hydrogen-bond donors (Lipinski definition) is 2. The Morgan fingerprint density at radius 3 is 2.44 bits per heavy atom. The molecule has 0 aliphatic heterocycles. The van der Waals surface area contributed by atoms with E-state index in [1.165, 1.54) is 0 Å². The third-order valence-corrected chi connectivity index (χ3v) is 2.29. The minimum Gasteiger partial charge on any atom is -0.481 e. The smallest absolute Gasteiger partial charge is 0.311 e. The van der Waals surface area contributed by atoms with Crippen molar-refractivity contribution in [2.45, 2.75) is 20.5 Å². The normalized spacial score (nSPS) is 11.4. The van der Waals surface area contributed by atoms with Gasteiger partial charge in [0.15, 0.2) is 0 Å². The van der Waals surface area contributed by atoms with Crippen molar-refractivity contribution in [3.63, 3.8) is 0 Å². The van der Waals surface area contributed by atoms with E-state index in [4.69, 9.17) is 15.6 Å². The minimum absolute atomic E-state index is 0.187. The monoisotopic (exact) mass is 223 g/mol. The quantitative estimate of drug-likeness (QED) is 0.748. The maximum atomic E-state index is 10.8. The van der Waals surface area contributed by atoms with Crippen molar-refractivity contribution in [2.75, 3.05) is 12.3 Å². The number of nitrogens with two attached hydrogens (primary N) is 1. The number of ether oxygens (including phenoxy) is 1. The van der Waals surface area contributed by atoms with Gasteiger partial charge in [-0.25, -0.2) is 0 Å². The third kappa shape index (κ3) is 3.55. The first-order valence-electron chi connectivity index (χ1n) is 5.07. The average molecular weight is 223 g/mol. The molecule has 0 unspecified atom stereocenters. The summed E-state index contributed by atoms with van der Waals surface area (Å²) in [6.45, 7) is 3.86. The van der Waals surface area contributed by atoms with Crippen LogP contribution in [-0.2, 0) is 16.1 Å². The number of nitrogen functional groups attached to an aromatic ring is 1. The number of benzene rings is 1. The highest BCUT2D eigenvalue weighted by Crippen LogP contribution is 2.16. The molecule has 0 amide bonds. The largest absolute Gasteiger partial charge is 0.481 e. The number of hydrogen-bond acceptors (Lipinski definition) is 3. The van der Waals surface area contributed by atoms with Gasteiger partial charge in [0.05, 0.1) is 18.6 Å². The minimum atomic E-state index is -0.857. The van der Waals surface area contributed by atoms with Gasteiger partial charge in [0, 0.05) is 5.69 Å². The van der Waals surface area contributed by atoms with E-state index < -0.39 is 11.4 Å². The lowest BCUT2D eigenvalue weighted by molar-refractivity contribution is -0.150. The molecule has 0 fully saturated rings. The summed E-state index contributed by atoms with van der Waals surface area (Å²) in [5.74, 6) is -0.857. The highest BCUT2D eigenvalue weighted by molar-refractivity contribution is 5.73. The molecule has 1 aromatic rings. The zero-order chi connectivity index (χ0) is 12.2. The molecule has 0 aliphatic rings. The van der Waals surface area contributed by atoms with E-state index in [2.05, 4.69) is 0 Å². The first kappa shape index (κ1) is 12.5. The van der Waals surface area contributed by atoms with E-state index in [9.17, 15) is 4.79 Å². The molecule has 4 nitrogen and oxygen atoms in total. The summed E-state index contributed by atoms with van der Waals surface area (Å²) in [6.07, 6.45) is 0. The lowest BCUT2D eigenvalue weighted by Crippen LogP contribution is -2.29. The Morgan fingerprint density at radius 1 is 1.38 bits per heavy atom. The molecule has 88 valence electrons. The van der Waals surface area contributed by atoms with Crippen LogP contribution >= 0.6 is 0 Å². The van der Waals surface area contributed by atoms with Gasteiger partial charge in [-0.1, -0.05) is 12.1 Å². The molecule has 3 N–H and O–H groups in total. The number of carboxylic acid groups (broad SMARTS) is 1. The van der Waals surface area contributed by atoms with Gasteiger partial charge in [-0.2, -0.15) is 0 Å². The summed E-state index contributed by atoms with van der Waals surface area (Å²) >= 11 is 0. The third-order valence-electron chi connectivity index (χ3n) is 2.29. The van der Waals surface area contributed by atoms with E-state index in [0.717, 1.165) is 5.56 Å². The van der Waals surface area contributed by atoms with Gasteiger partial charge in [0.2, 0.25) is 0 Å². The molecular formula is C12H17NO3. The van der Waals surface area contributed by atoms with Crippen molar-refractivity contribution in [1.29, 1.82) is 0 Å². The van der Waals surface area contributed by atoms with Crippen molar-refractivity contribution in [3.05, 3.63) is 29.8 Å². The zero-order valence-electron chi connectivity index (χ0n) is 9.56. The van der Waals surface area contributed by atoms with Crippen LogP contribution in [0, 0.1) is 5.41 Å². The van der Waals surface area contributed by atoms with Crippen molar-refractivity contribution < 1.29 is 14.6 Å². The predicted octanol–water partition coefficient (Wildman–Crippen LogP) is 1.90. The Labute approximate surface area is 95.0 Å². The van der Waals surface area contributed by atoms with E-state index in [1.54, 1.807) is 26.0 Å². The van der Waals surface area contributed by atoms with Crippen LogP contribution in [0.3, 0.4) is 0 Å². The van der Waals surface area contributed by atoms with Gasteiger partial charge in [0.1, 0.15) is 0 Å². The molecule has 0 radical (unpaired) electrons. The first-order chi connectivity index (χ1) is 7.42. The highest BCUT2D eigenvalue weighted by atomic mass is 16.5. The first-order valence-corrected chi connectivity index (χ1v) is 5.07. The number of carbonyl (C=O) groups is 1. The van der Waals surface area contributed by atoms with Crippen LogP contribution in [0.5, 0.6) is 0 Å². The van der Waals surface area contributed by atoms with Crippen LogP contribution in [0.4, 0.5) is 5.69 Å². The zero-order valence-corrected chi connectivity index (χ0v) is 9.56. The fourth-order valence-corrected chi connectivity index (χ4v) is 1.10. The lowest BCUT2D eigenvalue weighted by Gasteiger charge is -2.18. The van der Waals surface area contributed by atoms with E-state index in [-0.39, 0.29) is 6.61 Å². The maximum absolute atomic E-state index is 10.8. The summed E-state index contributed by atoms with van der Waals surface area (Å²) in [4.78, 5) is 10.8. The summed E-state index contributed by atoms with van der Waals surface area (Å²) in [5.41, 5.74) is 6.38. The second-order valence-corrected chi connectivity index (χ2v) is 4.42. The number of aliphatic carboxylic acids is 1. The second kappa shape index (κ2) is 4.99. The van der Waals surface area contributed by atoms with Crippen LogP contribution in [0.25, 0.3) is 0 Å². The van der Waals surface area contributed by atoms with Gasteiger partial charge < -0.3 is 15.6 Å². The van der Waals surface area contributed by atoms with Crippen molar-refractivity contribution in [1.82, 2.24) is 0 Å². The van der Waals surface area contributed by atoms with Gasteiger partial charge in [-0.3, -0.25) is 4.79 Å². The molecule has 0 saturated heterocycles. The summed E-state index contributed by atoms with van der Waals surface area (Å²) in [5, 5.41) is 8.88. The van der Waals surface area contributed by atoms with Gasteiger partial charge >= 0.3 is 5.97 Å². The van der Waals surface area contributed by atoms with Crippen LogP contribution in [-0.4, -0.2) is 17.7 Å². The molecule has 0 atom stereocenters. The maximum Gasteiger partial charge on any atom is 0.311 e. The van der Waals surface area contributed by atoms with Gasteiger partial charge in [-0.05, 0) is 31.5 Å². The Kier molecular flexibility index (Phi) is 3.90. The highest BCUT2D eigenvalue weighted by Gasteiger charge is 2.27. The van der Waals surface area contributed by atoms with Crippen molar-refractivity contribution in [2.24, 2.45) is 5.41 Å². The van der Waals surface area contributed by atoms with Crippen LogP contribution in [0.15, 0.2) is 24.3 Å². The van der Waals surface area contributed by atoms with Gasteiger partial charge in [0.25, 0.3) is 0 Å². The molecule has 0 heterocycles. The topological polar surface area (TPSA) is 72.5 Å². The van der Waals surface area contributed by atoms with E-state index in [1.807, 2.05) is 12.1 Å². The molecule has 0 spiro atoms. The lowest BCUT2D eigenvalue weighted by atomic mass is 9.95. The van der Waals surface area contributed by atoms with Crippen molar-refractivity contribution >= 4 is 11.7 Å². The van der Waals surface area contributed by atoms with Gasteiger partial charge in [-0.15, -0.1) is 0 Å².